The smallest absolute Gasteiger partial charge is 0.160 e. The molecule has 74 valence electrons. The van der Waals surface area contributed by atoms with Crippen LogP contribution in [0.2, 0.25) is 0 Å². The predicted octanol–water partition coefficient (Wildman–Crippen LogP) is -2.81. The summed E-state index contributed by atoms with van der Waals surface area (Å²) in [7, 11) is 1.50. The van der Waals surface area contributed by atoms with Gasteiger partial charge in [0.2, 0.25) is 0 Å². The number of aromatic hydroxyl groups is 1. The molecular weight excluding hydrogens is 190 g/mol. The lowest BCUT2D eigenvalue weighted by Crippen LogP contribution is -3.00. The normalized spacial score (nSPS) is 12.6. The van der Waals surface area contributed by atoms with Gasteiger partial charge in [-0.25, -0.2) is 0 Å². The molecule has 0 aliphatic carbocycles. The average Bonchev–Trinajstić information content (AvgIpc) is 2.07. The van der Waals surface area contributed by atoms with Crippen LogP contribution in [0.4, 0.5) is 0 Å². The van der Waals surface area contributed by atoms with Gasteiger partial charge in [-0.05, 0) is 17.7 Å². The van der Waals surface area contributed by atoms with Crippen LogP contribution in [0.5, 0.6) is 11.5 Å². The Morgan fingerprint density at radius 3 is 2.85 bits per heavy atom. The first-order valence-electron chi connectivity index (χ1n) is 4.32. The van der Waals surface area contributed by atoms with Gasteiger partial charge in [-0.1, -0.05) is 6.07 Å². The highest BCUT2D eigenvalue weighted by atomic mass is 35.5. The molecule has 3 nitrogen and oxygen atoms in total. The Bertz CT molecular complexity index is 294. The Kier molecular flexibility index (Phi) is 4.43. The number of quaternary nitrogens is 1. The maximum Gasteiger partial charge on any atom is 0.160 e. The monoisotopic (exact) mass is 205 g/mol. The van der Waals surface area contributed by atoms with E-state index in [1.54, 1.807) is 18.2 Å². The van der Waals surface area contributed by atoms with E-state index in [1.165, 1.54) is 7.11 Å². The first kappa shape index (κ1) is 10.2. The van der Waals surface area contributed by atoms with Crippen molar-refractivity contribution in [3.8, 4) is 11.5 Å². The van der Waals surface area contributed by atoms with Gasteiger partial charge in [0.1, 0.15) is 0 Å². The number of phenols is 1. The molecule has 4 heteroatoms. The lowest BCUT2D eigenvalue weighted by molar-refractivity contribution is -0.366. The standard InChI is InChI=1S/C9H13NO2.ClH/c1-12-9-6-7(4-5-10)2-3-8(9)11;/h2-3,6,11H,4-5,10H2,1H3;1H/i5T;/t5-;/m0./s1. The van der Waals surface area contributed by atoms with Crippen molar-refractivity contribution in [1.29, 1.82) is 0 Å². The molecule has 0 bridgehead atoms. The average molecular weight is 206 g/mol. The van der Waals surface area contributed by atoms with Crippen molar-refractivity contribution in [2.45, 2.75) is 6.42 Å². The van der Waals surface area contributed by atoms with Gasteiger partial charge in [-0.2, -0.15) is 0 Å². The van der Waals surface area contributed by atoms with Crippen molar-refractivity contribution in [3.63, 3.8) is 0 Å². The molecule has 0 spiro atoms. The summed E-state index contributed by atoms with van der Waals surface area (Å²) in [5.41, 5.74) is 4.52. The Morgan fingerprint density at radius 1 is 1.62 bits per heavy atom. The summed E-state index contributed by atoms with van der Waals surface area (Å²) in [4.78, 5) is 0. The fourth-order valence-corrected chi connectivity index (χ4v) is 1.02. The van der Waals surface area contributed by atoms with Crippen molar-refractivity contribution in [2.24, 2.45) is 0 Å². The molecule has 0 amide bonds. The van der Waals surface area contributed by atoms with Gasteiger partial charge in [0, 0.05) is 6.42 Å². The largest absolute Gasteiger partial charge is 1.00 e. The van der Waals surface area contributed by atoms with Crippen LogP contribution in [-0.2, 0) is 6.42 Å². The maximum atomic E-state index is 9.28. The molecule has 1 aromatic carbocycles. The van der Waals surface area contributed by atoms with E-state index >= 15 is 0 Å². The molecule has 13 heavy (non-hydrogen) atoms. The Balaban J connectivity index is 0.00000169. The number of halogens is 1. The zero-order chi connectivity index (χ0) is 9.84. The van der Waals surface area contributed by atoms with E-state index in [0.29, 0.717) is 12.2 Å². The number of hydrogen-bond acceptors (Lipinski definition) is 2. The summed E-state index contributed by atoms with van der Waals surface area (Å²) in [5.74, 6) is 0.565. The highest BCUT2D eigenvalue weighted by molar-refractivity contribution is 5.41. The van der Waals surface area contributed by atoms with Crippen LogP contribution in [0.1, 0.15) is 6.93 Å². The van der Waals surface area contributed by atoms with Gasteiger partial charge < -0.3 is 28.0 Å². The second-order valence-electron chi connectivity index (χ2n) is 2.50. The number of methoxy groups -OCH3 is 1. The van der Waals surface area contributed by atoms with Crippen LogP contribution in [-0.4, -0.2) is 18.7 Å². The summed E-state index contributed by atoms with van der Waals surface area (Å²) in [6, 6.07) is 5.06. The molecule has 0 saturated carbocycles. The Hall–Kier alpha value is -0.930. The summed E-state index contributed by atoms with van der Waals surface area (Å²) < 4.78 is 12.2. The van der Waals surface area contributed by atoms with Crippen LogP contribution >= 0.6 is 0 Å². The number of hydrogen-bond donors (Lipinski definition) is 2. The molecule has 1 aromatic rings. The van der Waals surface area contributed by atoms with Crippen molar-refractivity contribution in [2.75, 3.05) is 13.6 Å². The molecule has 0 heterocycles. The van der Waals surface area contributed by atoms with E-state index in [2.05, 4.69) is 5.73 Å². The second-order valence-corrected chi connectivity index (χ2v) is 2.50. The van der Waals surface area contributed by atoms with E-state index in [0.717, 1.165) is 5.56 Å². The molecule has 4 N–H and O–H groups in total. The van der Waals surface area contributed by atoms with E-state index in [1.807, 2.05) is 0 Å². The summed E-state index contributed by atoms with van der Waals surface area (Å²) in [5, 5.41) is 9.28. The third kappa shape index (κ3) is 3.13. The molecule has 0 aliphatic heterocycles. The summed E-state index contributed by atoms with van der Waals surface area (Å²) >= 11 is 0. The predicted molar refractivity (Wildman–Crippen MR) is 46.1 cm³/mol. The summed E-state index contributed by atoms with van der Waals surface area (Å²) in [6.45, 7) is -0.380. The molecule has 0 unspecified atom stereocenters. The number of phenolic OH excluding ortho intramolecular Hbond substituents is 1. The lowest BCUT2D eigenvalue weighted by Gasteiger charge is -2.04. The SMILES string of the molecule is [3H][C@H]([NH3+])Cc1ccc(O)c(OC)c1.[Cl-]. The molecule has 0 radical (unpaired) electrons. The third-order valence-electron chi connectivity index (χ3n) is 1.62. The van der Waals surface area contributed by atoms with Gasteiger partial charge in [-0.3, -0.25) is 0 Å². The van der Waals surface area contributed by atoms with Crippen LogP contribution in [0.15, 0.2) is 18.2 Å². The van der Waals surface area contributed by atoms with Gasteiger partial charge in [-0.15, -0.1) is 0 Å². The number of rotatable bonds is 3. The summed E-state index contributed by atoms with van der Waals surface area (Å²) in [6.07, 6.45) is 0.566. The number of aryl methyl sites for hydroxylation is 1. The number of ether oxygens (including phenoxy) is 1. The molecule has 1 atom stereocenters. The van der Waals surface area contributed by atoms with Gasteiger partial charge in [0.15, 0.2) is 11.5 Å². The van der Waals surface area contributed by atoms with Crippen LogP contribution < -0.4 is 22.9 Å². The minimum absolute atomic E-state index is 0. The van der Waals surface area contributed by atoms with E-state index < -0.39 is 0 Å². The Morgan fingerprint density at radius 2 is 2.31 bits per heavy atom. The zero-order valence-corrected chi connectivity index (χ0v) is 8.21. The molecular formula is C9H14ClNO2. The van der Waals surface area contributed by atoms with Crippen LogP contribution in [0.25, 0.3) is 0 Å². The highest BCUT2D eigenvalue weighted by Gasteiger charge is 2.01. The van der Waals surface area contributed by atoms with Crippen molar-refractivity contribution in [1.82, 2.24) is 0 Å². The van der Waals surface area contributed by atoms with Gasteiger partial charge in [0.05, 0.1) is 15.0 Å². The maximum absolute atomic E-state index is 9.28. The topological polar surface area (TPSA) is 57.1 Å². The second kappa shape index (κ2) is 5.67. The van der Waals surface area contributed by atoms with Crippen molar-refractivity contribution in [3.05, 3.63) is 23.8 Å². The zero-order valence-electron chi connectivity index (χ0n) is 8.46. The Labute approximate surface area is 85.3 Å². The van der Waals surface area contributed by atoms with Crippen LogP contribution in [0, 0.1) is 0 Å². The van der Waals surface area contributed by atoms with Gasteiger partial charge >= 0.3 is 0 Å². The van der Waals surface area contributed by atoms with Crippen molar-refractivity contribution < 1.29 is 29.4 Å². The first-order chi connectivity index (χ1) is 6.13. The molecule has 0 saturated heterocycles. The molecule has 1 rings (SSSR count). The lowest BCUT2D eigenvalue weighted by atomic mass is 10.1. The highest BCUT2D eigenvalue weighted by Crippen LogP contribution is 2.26. The molecule has 0 aliphatic rings. The first-order valence-corrected chi connectivity index (χ1v) is 3.74. The van der Waals surface area contributed by atoms with E-state index in [9.17, 15) is 5.11 Å². The minimum atomic E-state index is -0.380. The fraction of sp³-hybridized carbons (Fsp3) is 0.333. The van der Waals surface area contributed by atoms with E-state index in [-0.39, 0.29) is 24.7 Å². The third-order valence-corrected chi connectivity index (χ3v) is 1.62. The quantitative estimate of drug-likeness (QED) is 0.560. The molecule has 0 aromatic heterocycles. The number of benzene rings is 1. The van der Waals surface area contributed by atoms with Gasteiger partial charge in [0.25, 0.3) is 0 Å². The fourth-order valence-electron chi connectivity index (χ4n) is 1.02. The van der Waals surface area contributed by atoms with Crippen molar-refractivity contribution >= 4 is 0 Å². The van der Waals surface area contributed by atoms with Crippen LogP contribution in [0.3, 0.4) is 0 Å². The minimum Gasteiger partial charge on any atom is -1.00 e. The molecule has 0 fully saturated rings. The van der Waals surface area contributed by atoms with E-state index in [4.69, 9.17) is 6.11 Å².